The first-order chi connectivity index (χ1) is 18.0. The molecule has 2 heterocycles. The lowest BCUT2D eigenvalue weighted by Crippen LogP contribution is -2.38. The number of ether oxygens (including phenoxy) is 1. The number of fused-ring (bicyclic) bond motifs is 1. The SMILES string of the molecule is O=C(NCCCN1CCOCC1)c1cc(NS(=O)(=O)c2ccc3ccccc3c2)ccc1N1CCCC1. The number of carbonyl (C=O) groups excluding carboxylic acids is 1. The fraction of sp³-hybridized carbons (Fsp3) is 0.393. The number of nitrogens with one attached hydrogen (secondary N) is 2. The van der Waals surface area contributed by atoms with E-state index in [1.54, 1.807) is 30.3 Å². The van der Waals surface area contributed by atoms with Gasteiger partial charge < -0.3 is 15.0 Å². The molecule has 0 radical (unpaired) electrons. The Morgan fingerprint density at radius 3 is 2.43 bits per heavy atom. The molecule has 2 N–H and O–H groups in total. The molecule has 37 heavy (non-hydrogen) atoms. The predicted octanol–water partition coefficient (Wildman–Crippen LogP) is 3.69. The lowest BCUT2D eigenvalue weighted by atomic mass is 10.1. The topological polar surface area (TPSA) is 91.0 Å². The highest BCUT2D eigenvalue weighted by molar-refractivity contribution is 7.92. The molecule has 9 heteroatoms. The van der Waals surface area contributed by atoms with Gasteiger partial charge in [-0.2, -0.15) is 0 Å². The summed E-state index contributed by atoms with van der Waals surface area (Å²) in [5, 5.41) is 4.87. The highest BCUT2D eigenvalue weighted by Gasteiger charge is 2.22. The minimum Gasteiger partial charge on any atom is -0.379 e. The largest absolute Gasteiger partial charge is 0.379 e. The van der Waals surface area contributed by atoms with Crippen molar-refractivity contribution in [3.8, 4) is 0 Å². The van der Waals surface area contributed by atoms with Crippen molar-refractivity contribution in [2.45, 2.75) is 24.2 Å². The van der Waals surface area contributed by atoms with Crippen molar-refractivity contribution in [1.29, 1.82) is 0 Å². The first-order valence-electron chi connectivity index (χ1n) is 13.0. The van der Waals surface area contributed by atoms with Crippen LogP contribution in [-0.4, -0.2) is 71.7 Å². The van der Waals surface area contributed by atoms with Gasteiger partial charge in [-0.3, -0.25) is 14.4 Å². The lowest BCUT2D eigenvalue weighted by Gasteiger charge is -2.26. The van der Waals surface area contributed by atoms with E-state index in [-0.39, 0.29) is 10.8 Å². The van der Waals surface area contributed by atoms with Crippen molar-refractivity contribution in [3.63, 3.8) is 0 Å². The molecule has 0 aromatic heterocycles. The van der Waals surface area contributed by atoms with Crippen LogP contribution in [0.15, 0.2) is 65.6 Å². The molecule has 0 saturated carbocycles. The van der Waals surface area contributed by atoms with Crippen molar-refractivity contribution in [3.05, 3.63) is 66.2 Å². The van der Waals surface area contributed by atoms with Crippen LogP contribution in [0.2, 0.25) is 0 Å². The third kappa shape index (κ3) is 6.23. The molecular formula is C28H34N4O4S. The van der Waals surface area contributed by atoms with Gasteiger partial charge in [0.1, 0.15) is 0 Å². The van der Waals surface area contributed by atoms with Gasteiger partial charge in [-0.05, 0) is 66.9 Å². The van der Waals surface area contributed by atoms with Crippen molar-refractivity contribution >= 4 is 38.1 Å². The number of hydrogen-bond acceptors (Lipinski definition) is 6. The van der Waals surface area contributed by atoms with Gasteiger partial charge in [0.15, 0.2) is 0 Å². The first-order valence-corrected chi connectivity index (χ1v) is 14.5. The average molecular weight is 523 g/mol. The van der Waals surface area contributed by atoms with Crippen LogP contribution in [0, 0.1) is 0 Å². The van der Waals surface area contributed by atoms with E-state index in [4.69, 9.17) is 4.74 Å². The highest BCUT2D eigenvalue weighted by atomic mass is 32.2. The molecule has 1 amide bonds. The van der Waals surface area contributed by atoms with Crippen molar-refractivity contribution in [2.24, 2.45) is 0 Å². The summed E-state index contributed by atoms with van der Waals surface area (Å²) in [5.41, 5.74) is 1.71. The molecule has 5 rings (SSSR count). The van der Waals surface area contributed by atoms with Crippen molar-refractivity contribution < 1.29 is 17.9 Å². The number of nitrogens with zero attached hydrogens (tertiary/aromatic N) is 2. The Morgan fingerprint density at radius 2 is 1.65 bits per heavy atom. The normalized spacial score (nSPS) is 16.7. The molecule has 0 atom stereocenters. The van der Waals surface area contributed by atoms with Gasteiger partial charge >= 0.3 is 0 Å². The quantitative estimate of drug-likeness (QED) is 0.417. The van der Waals surface area contributed by atoms with Crippen LogP contribution in [0.3, 0.4) is 0 Å². The summed E-state index contributed by atoms with van der Waals surface area (Å²) in [6.07, 6.45) is 3.01. The smallest absolute Gasteiger partial charge is 0.261 e. The monoisotopic (exact) mass is 522 g/mol. The molecule has 0 bridgehead atoms. The summed E-state index contributed by atoms with van der Waals surface area (Å²) >= 11 is 0. The van der Waals surface area contributed by atoms with Gasteiger partial charge in [-0.1, -0.05) is 30.3 Å². The molecule has 3 aromatic carbocycles. The number of morpholine rings is 1. The number of sulfonamides is 1. The molecule has 0 spiro atoms. The van der Waals surface area contributed by atoms with E-state index >= 15 is 0 Å². The Kier molecular flexibility index (Phi) is 7.93. The van der Waals surface area contributed by atoms with E-state index in [0.29, 0.717) is 17.8 Å². The molecule has 0 unspecified atom stereocenters. The zero-order chi connectivity index (χ0) is 25.7. The van der Waals surface area contributed by atoms with Crippen LogP contribution in [0.4, 0.5) is 11.4 Å². The van der Waals surface area contributed by atoms with Gasteiger partial charge in [0.05, 0.1) is 23.7 Å². The van der Waals surface area contributed by atoms with Gasteiger partial charge in [-0.25, -0.2) is 8.42 Å². The zero-order valence-corrected chi connectivity index (χ0v) is 21.8. The average Bonchev–Trinajstić information content (AvgIpc) is 3.46. The van der Waals surface area contributed by atoms with Crippen LogP contribution in [0.1, 0.15) is 29.6 Å². The molecular weight excluding hydrogens is 488 g/mol. The van der Waals surface area contributed by atoms with Gasteiger partial charge in [0.25, 0.3) is 15.9 Å². The molecule has 196 valence electrons. The van der Waals surface area contributed by atoms with Gasteiger partial charge in [0.2, 0.25) is 0 Å². The molecule has 0 aliphatic carbocycles. The number of amides is 1. The number of hydrogen-bond donors (Lipinski definition) is 2. The molecule has 3 aromatic rings. The van der Waals surface area contributed by atoms with Crippen molar-refractivity contribution in [1.82, 2.24) is 10.2 Å². The van der Waals surface area contributed by atoms with E-state index in [1.807, 2.05) is 30.3 Å². The first kappa shape index (κ1) is 25.5. The number of carbonyl (C=O) groups is 1. The predicted molar refractivity (Wildman–Crippen MR) is 147 cm³/mol. The highest BCUT2D eigenvalue weighted by Crippen LogP contribution is 2.29. The summed E-state index contributed by atoms with van der Waals surface area (Å²) in [6.45, 7) is 6.61. The second kappa shape index (κ2) is 11.5. The minimum atomic E-state index is -3.82. The fourth-order valence-electron chi connectivity index (χ4n) is 4.99. The molecule has 2 aliphatic rings. The Balaban J connectivity index is 1.31. The maximum absolute atomic E-state index is 13.3. The van der Waals surface area contributed by atoms with E-state index in [2.05, 4.69) is 19.8 Å². The maximum atomic E-state index is 13.3. The van der Waals surface area contributed by atoms with Crippen LogP contribution in [-0.2, 0) is 14.8 Å². The second-order valence-electron chi connectivity index (χ2n) is 9.60. The summed E-state index contributed by atoms with van der Waals surface area (Å²) in [7, 11) is -3.82. The summed E-state index contributed by atoms with van der Waals surface area (Å²) in [4.78, 5) is 18.0. The summed E-state index contributed by atoms with van der Waals surface area (Å²) < 4.78 is 34.5. The maximum Gasteiger partial charge on any atom is 0.261 e. The number of rotatable bonds is 9. The third-order valence-corrected chi connectivity index (χ3v) is 8.39. The standard InChI is InChI=1S/C28H34N4O4S/c33-28(29-12-5-13-31-16-18-36-19-17-31)26-21-24(9-11-27(26)32-14-3-4-15-32)30-37(34,35)25-10-8-22-6-1-2-7-23(22)20-25/h1-2,6-11,20-21,30H,3-5,12-19H2,(H,29,33). The lowest BCUT2D eigenvalue weighted by molar-refractivity contribution is 0.0374. The van der Waals surface area contributed by atoms with Crippen LogP contribution in [0.5, 0.6) is 0 Å². The number of anilines is 2. The van der Waals surface area contributed by atoms with Crippen molar-refractivity contribution in [2.75, 3.05) is 62.1 Å². The Hall–Kier alpha value is -3.14. The third-order valence-electron chi connectivity index (χ3n) is 7.01. The molecule has 2 saturated heterocycles. The Bertz CT molecular complexity index is 1350. The molecule has 2 fully saturated rings. The van der Waals surface area contributed by atoms with Gasteiger partial charge in [-0.15, -0.1) is 0 Å². The summed E-state index contributed by atoms with van der Waals surface area (Å²) in [5.74, 6) is -0.185. The zero-order valence-electron chi connectivity index (χ0n) is 21.0. The minimum absolute atomic E-state index is 0.184. The van der Waals surface area contributed by atoms with Crippen LogP contribution >= 0.6 is 0 Å². The van der Waals surface area contributed by atoms with E-state index < -0.39 is 10.0 Å². The Morgan fingerprint density at radius 1 is 0.892 bits per heavy atom. The van der Waals surface area contributed by atoms with E-state index in [0.717, 1.165) is 81.7 Å². The Labute approximate surface area is 218 Å². The van der Waals surface area contributed by atoms with E-state index in [1.165, 1.54) is 0 Å². The van der Waals surface area contributed by atoms with Crippen LogP contribution < -0.4 is 14.9 Å². The summed E-state index contributed by atoms with van der Waals surface area (Å²) in [6, 6.07) is 18.0. The van der Waals surface area contributed by atoms with Gasteiger partial charge in [0, 0.05) is 44.1 Å². The molecule has 8 nitrogen and oxygen atoms in total. The number of benzene rings is 3. The second-order valence-corrected chi connectivity index (χ2v) is 11.3. The molecule has 2 aliphatic heterocycles. The van der Waals surface area contributed by atoms with E-state index in [9.17, 15) is 13.2 Å². The fourth-order valence-corrected chi connectivity index (χ4v) is 6.07. The van der Waals surface area contributed by atoms with Crippen LogP contribution in [0.25, 0.3) is 10.8 Å².